The van der Waals surface area contributed by atoms with Crippen LogP contribution in [0.4, 0.5) is 4.39 Å². The first kappa shape index (κ1) is 27.1. The summed E-state index contributed by atoms with van der Waals surface area (Å²) in [7, 11) is 1.64. The molecule has 186 valence electrons. The van der Waals surface area contributed by atoms with Gasteiger partial charge in [-0.3, -0.25) is 30.6 Å². The second-order valence-electron chi connectivity index (χ2n) is 8.18. The predicted octanol–water partition coefficient (Wildman–Crippen LogP) is 2.38. The lowest BCUT2D eigenvalue weighted by atomic mass is 9.92. The number of amidine groups is 1. The molecule has 0 aliphatic heterocycles. The Hall–Kier alpha value is -3.18. The number of nitrogens with two attached hydrogens (primary N) is 1. The van der Waals surface area contributed by atoms with Crippen molar-refractivity contribution in [2.75, 3.05) is 13.6 Å². The number of nitrogens with one attached hydrogen (secondary N) is 2. The largest absolute Gasteiger partial charge is 0.374 e. The number of amides is 2. The first-order chi connectivity index (χ1) is 16.2. The molecule has 10 nitrogen and oxygen atoms in total. The Morgan fingerprint density at radius 1 is 1.41 bits per heavy atom. The first-order valence-corrected chi connectivity index (χ1v) is 11.2. The van der Waals surface area contributed by atoms with E-state index in [0.29, 0.717) is 23.9 Å². The number of hydrogen-bond acceptors (Lipinski definition) is 7. The molecule has 1 aromatic heterocycles. The normalized spacial score (nSPS) is 15.8. The van der Waals surface area contributed by atoms with E-state index in [2.05, 4.69) is 27.4 Å². The SMILES string of the molecule is C=C(/C(F)=C(\N=C(N)Cl)NNC(=O)[C@H](CC1CCCC1)CN(O)C=O)N(C)Cc1ccncc1. The fourth-order valence-electron chi connectivity index (χ4n) is 3.81. The minimum atomic E-state index is -0.885. The second-order valence-corrected chi connectivity index (χ2v) is 8.57. The number of carbonyl (C=O) groups is 2. The van der Waals surface area contributed by atoms with Crippen molar-refractivity contribution in [3.63, 3.8) is 0 Å². The molecule has 0 aromatic carbocycles. The summed E-state index contributed by atoms with van der Waals surface area (Å²) < 4.78 is 15.2. The molecule has 0 radical (unpaired) electrons. The molecule has 0 saturated heterocycles. The predicted molar refractivity (Wildman–Crippen MR) is 126 cm³/mol. The van der Waals surface area contributed by atoms with Gasteiger partial charge in [-0.25, -0.2) is 9.45 Å². The topological polar surface area (TPSA) is 136 Å². The number of hydrogen-bond donors (Lipinski definition) is 4. The van der Waals surface area contributed by atoms with Crippen LogP contribution in [0.5, 0.6) is 0 Å². The number of rotatable bonds is 13. The number of hydroxylamine groups is 2. The zero-order chi connectivity index (χ0) is 25.1. The van der Waals surface area contributed by atoms with E-state index < -0.39 is 28.8 Å². The van der Waals surface area contributed by atoms with Gasteiger partial charge in [0.15, 0.2) is 16.9 Å². The Kier molecular flexibility index (Phi) is 10.8. The van der Waals surface area contributed by atoms with Crippen LogP contribution >= 0.6 is 11.6 Å². The van der Waals surface area contributed by atoms with Crippen LogP contribution in [0.1, 0.15) is 37.7 Å². The van der Waals surface area contributed by atoms with Crippen molar-refractivity contribution in [2.24, 2.45) is 22.6 Å². The smallest absolute Gasteiger partial charge is 0.243 e. The summed E-state index contributed by atoms with van der Waals surface area (Å²) in [5.74, 6) is -2.28. The molecule has 1 aliphatic carbocycles. The van der Waals surface area contributed by atoms with Gasteiger partial charge in [0.25, 0.3) is 0 Å². The quantitative estimate of drug-likeness (QED) is 0.0627. The van der Waals surface area contributed by atoms with Crippen molar-refractivity contribution in [3.05, 3.63) is 54.0 Å². The first-order valence-electron chi connectivity index (χ1n) is 10.9. The summed E-state index contributed by atoms with van der Waals surface area (Å²) in [6.07, 6.45) is 8.05. The number of likely N-dealkylation sites (N-methyl/N-ethyl adjacent to an activating group) is 1. The highest BCUT2D eigenvalue weighted by atomic mass is 35.5. The van der Waals surface area contributed by atoms with Crippen molar-refractivity contribution in [2.45, 2.75) is 38.6 Å². The van der Waals surface area contributed by atoms with Crippen LogP contribution in [0.3, 0.4) is 0 Å². The minimum Gasteiger partial charge on any atom is -0.374 e. The molecule has 2 rings (SSSR count). The average Bonchev–Trinajstić information content (AvgIpc) is 3.33. The third kappa shape index (κ3) is 8.64. The summed E-state index contributed by atoms with van der Waals surface area (Å²) in [6, 6.07) is 3.57. The number of halogens is 2. The van der Waals surface area contributed by atoms with Crippen LogP contribution < -0.4 is 16.6 Å². The summed E-state index contributed by atoms with van der Waals surface area (Å²) in [4.78, 5) is 32.9. The van der Waals surface area contributed by atoms with E-state index in [1.165, 1.54) is 0 Å². The van der Waals surface area contributed by atoms with Crippen LogP contribution in [0, 0.1) is 11.8 Å². The van der Waals surface area contributed by atoms with Gasteiger partial charge in [0.1, 0.15) is 0 Å². The van der Waals surface area contributed by atoms with Gasteiger partial charge in [-0.15, -0.1) is 0 Å². The summed E-state index contributed by atoms with van der Waals surface area (Å²) in [5, 5.41) is 9.57. The van der Waals surface area contributed by atoms with E-state index in [4.69, 9.17) is 17.3 Å². The highest BCUT2D eigenvalue weighted by Crippen LogP contribution is 2.30. The van der Waals surface area contributed by atoms with Crippen molar-refractivity contribution in [1.82, 2.24) is 25.8 Å². The molecule has 34 heavy (non-hydrogen) atoms. The van der Waals surface area contributed by atoms with Gasteiger partial charge >= 0.3 is 0 Å². The molecule has 1 saturated carbocycles. The van der Waals surface area contributed by atoms with Gasteiger partial charge in [0.05, 0.1) is 18.2 Å². The number of pyridine rings is 1. The van der Waals surface area contributed by atoms with E-state index in [1.807, 2.05) is 0 Å². The fraction of sp³-hybridized carbons (Fsp3) is 0.455. The summed E-state index contributed by atoms with van der Waals surface area (Å²) >= 11 is 5.65. The van der Waals surface area contributed by atoms with Crippen molar-refractivity contribution < 1.29 is 19.2 Å². The minimum absolute atomic E-state index is 0.0276. The van der Waals surface area contributed by atoms with Crippen LogP contribution in [0.25, 0.3) is 0 Å². The molecule has 2 amide bonds. The lowest BCUT2D eigenvalue weighted by Crippen LogP contribution is -2.44. The van der Waals surface area contributed by atoms with Crippen molar-refractivity contribution >= 4 is 29.2 Å². The third-order valence-electron chi connectivity index (χ3n) is 5.61. The van der Waals surface area contributed by atoms with E-state index in [9.17, 15) is 14.8 Å². The lowest BCUT2D eigenvalue weighted by molar-refractivity contribution is -0.155. The highest BCUT2D eigenvalue weighted by Gasteiger charge is 2.27. The van der Waals surface area contributed by atoms with Crippen LogP contribution in [0.2, 0.25) is 0 Å². The number of hydrazine groups is 1. The number of aromatic nitrogens is 1. The Morgan fingerprint density at radius 2 is 2.06 bits per heavy atom. The molecule has 0 unspecified atom stereocenters. The van der Waals surface area contributed by atoms with Gasteiger partial charge in [0.2, 0.25) is 12.3 Å². The molecule has 1 atom stereocenters. The van der Waals surface area contributed by atoms with Gasteiger partial charge < -0.3 is 10.6 Å². The average molecular weight is 496 g/mol. The Balaban J connectivity index is 2.12. The third-order valence-corrected chi connectivity index (χ3v) is 5.69. The Morgan fingerprint density at radius 3 is 2.65 bits per heavy atom. The molecule has 1 aliphatic rings. The maximum atomic E-state index is 15.2. The summed E-state index contributed by atoms with van der Waals surface area (Å²) in [5.41, 5.74) is 11.1. The monoisotopic (exact) mass is 495 g/mol. The van der Waals surface area contributed by atoms with E-state index >= 15 is 4.39 Å². The standard InChI is InChI=1S/C22H31ClFN7O3/c1-15(30(2)12-17-7-9-26-10-8-17)19(24)20(27-22(23)25)28-29-21(33)18(13-31(34)14-32)11-16-5-3-4-6-16/h7-10,14,16,18,28,34H,1,3-6,11-13H2,2H3,(H2,25,27)(H,29,33)/b20-19-/t18-/m1/s1. The van der Waals surface area contributed by atoms with E-state index in [0.717, 1.165) is 31.2 Å². The Labute approximate surface area is 203 Å². The number of allylic oxidation sites excluding steroid dienone is 1. The molecule has 0 spiro atoms. The van der Waals surface area contributed by atoms with Crippen LogP contribution in [-0.4, -0.2) is 51.4 Å². The molecular weight excluding hydrogens is 465 g/mol. The summed E-state index contributed by atoms with van der Waals surface area (Å²) in [6.45, 7) is 3.90. The van der Waals surface area contributed by atoms with Gasteiger partial charge in [-0.05, 0) is 41.6 Å². The molecule has 1 aromatic rings. The van der Waals surface area contributed by atoms with E-state index in [-0.39, 0.29) is 18.7 Å². The number of carbonyl (C=O) groups excluding carboxylic acids is 2. The maximum absolute atomic E-state index is 15.2. The molecular formula is C22H31ClFN7O3. The molecule has 0 bridgehead atoms. The van der Waals surface area contributed by atoms with Crippen molar-refractivity contribution in [1.29, 1.82) is 0 Å². The molecule has 1 fully saturated rings. The van der Waals surface area contributed by atoms with Crippen molar-refractivity contribution in [3.8, 4) is 0 Å². The lowest BCUT2D eigenvalue weighted by Gasteiger charge is -2.24. The van der Waals surface area contributed by atoms with Crippen LogP contribution in [-0.2, 0) is 16.1 Å². The van der Waals surface area contributed by atoms with Crippen LogP contribution in [0.15, 0.2) is 53.4 Å². The molecule has 1 heterocycles. The zero-order valence-corrected chi connectivity index (χ0v) is 19.8. The molecule has 12 heteroatoms. The number of nitrogens with zero attached hydrogens (tertiary/aromatic N) is 4. The fourth-order valence-corrected chi connectivity index (χ4v) is 3.89. The number of aliphatic imine (C=N–C) groups is 1. The highest BCUT2D eigenvalue weighted by molar-refractivity contribution is 6.64. The second kappa shape index (κ2) is 13.5. The van der Waals surface area contributed by atoms with E-state index in [1.54, 1.807) is 36.5 Å². The van der Waals surface area contributed by atoms with Gasteiger partial charge in [-0.1, -0.05) is 32.3 Å². The van der Waals surface area contributed by atoms with Gasteiger partial charge in [0, 0.05) is 26.0 Å². The zero-order valence-electron chi connectivity index (χ0n) is 19.1. The van der Waals surface area contributed by atoms with Gasteiger partial charge in [-0.2, -0.15) is 4.99 Å². The molecule has 5 N–H and O–H groups in total. The Bertz CT molecular complexity index is 903. The maximum Gasteiger partial charge on any atom is 0.243 e.